The fraction of sp³-hybridized carbons (Fsp3) is 0.625. The van der Waals surface area contributed by atoms with Crippen LogP contribution in [0.4, 0.5) is 0 Å². The number of thioether (sulfide) groups is 1. The molecule has 1 fully saturated rings. The van der Waals surface area contributed by atoms with E-state index in [0.717, 1.165) is 25.5 Å². The molecule has 1 aromatic rings. The Labute approximate surface area is 132 Å². The van der Waals surface area contributed by atoms with Gasteiger partial charge in [-0.15, -0.1) is 0 Å². The second-order valence-electron chi connectivity index (χ2n) is 5.81. The van der Waals surface area contributed by atoms with Gasteiger partial charge in [0.2, 0.25) is 0 Å². The number of aryl methyl sites for hydroxylation is 1. The van der Waals surface area contributed by atoms with Gasteiger partial charge >= 0.3 is 0 Å². The van der Waals surface area contributed by atoms with E-state index in [1.807, 2.05) is 19.4 Å². The Bertz CT molecular complexity index is 481. The summed E-state index contributed by atoms with van der Waals surface area (Å²) in [5.74, 6) is 2.18. The van der Waals surface area contributed by atoms with Crippen molar-refractivity contribution in [1.29, 1.82) is 0 Å². The molecule has 1 unspecified atom stereocenters. The molecule has 2 heterocycles. The summed E-state index contributed by atoms with van der Waals surface area (Å²) in [6.45, 7) is 6.30. The smallest absolute Gasteiger partial charge is 0.191 e. The molecule has 0 saturated carbocycles. The van der Waals surface area contributed by atoms with Crippen molar-refractivity contribution < 1.29 is 0 Å². The molecule has 0 bridgehead atoms. The van der Waals surface area contributed by atoms with Crippen LogP contribution in [0, 0.1) is 6.92 Å². The van der Waals surface area contributed by atoms with Gasteiger partial charge in [0, 0.05) is 37.3 Å². The van der Waals surface area contributed by atoms with E-state index < -0.39 is 0 Å². The minimum atomic E-state index is 0.360. The summed E-state index contributed by atoms with van der Waals surface area (Å²) in [4.78, 5) is 8.43. The number of hydrogen-bond donors (Lipinski definition) is 2. The lowest BCUT2D eigenvalue weighted by molar-refractivity contribution is 0.584. The Morgan fingerprint density at radius 1 is 1.48 bits per heavy atom. The molecule has 0 amide bonds. The van der Waals surface area contributed by atoms with E-state index in [1.165, 1.54) is 29.7 Å². The largest absolute Gasteiger partial charge is 0.356 e. The summed E-state index contributed by atoms with van der Waals surface area (Å²) in [5, 5.41) is 6.85. The van der Waals surface area contributed by atoms with Gasteiger partial charge in [0.15, 0.2) is 5.96 Å². The predicted molar refractivity (Wildman–Crippen MR) is 92.1 cm³/mol. The summed E-state index contributed by atoms with van der Waals surface area (Å²) in [6.07, 6.45) is 7.38. The number of hydrogen-bond acceptors (Lipinski definition) is 3. The first kappa shape index (κ1) is 16.1. The maximum Gasteiger partial charge on any atom is 0.191 e. The normalized spacial score (nSPS) is 22.3. The molecule has 0 aromatic carbocycles. The third-order valence-corrected chi connectivity index (χ3v) is 5.52. The Kier molecular flexibility index (Phi) is 5.91. The standard InChI is InChI=1S/C16H26N4S/c1-13-11-18-8-5-14(13)6-9-19-15(17-3)20-12-16(2)7-4-10-21-16/h5,8,11H,4,6-7,9-10,12H2,1-3H3,(H2,17,19,20). The summed E-state index contributed by atoms with van der Waals surface area (Å²) in [6, 6.07) is 2.09. The average molecular weight is 306 g/mol. The van der Waals surface area contributed by atoms with Gasteiger partial charge in [-0.1, -0.05) is 0 Å². The van der Waals surface area contributed by atoms with Gasteiger partial charge in [0.1, 0.15) is 0 Å². The van der Waals surface area contributed by atoms with Crippen LogP contribution in [0.1, 0.15) is 30.9 Å². The molecule has 21 heavy (non-hydrogen) atoms. The number of guanidine groups is 1. The highest BCUT2D eigenvalue weighted by Crippen LogP contribution is 2.36. The first-order chi connectivity index (χ1) is 10.1. The zero-order valence-corrected chi connectivity index (χ0v) is 14.1. The van der Waals surface area contributed by atoms with Gasteiger partial charge in [-0.05, 0) is 56.1 Å². The van der Waals surface area contributed by atoms with Crippen molar-refractivity contribution in [2.45, 2.75) is 37.9 Å². The van der Waals surface area contributed by atoms with Crippen molar-refractivity contribution >= 4 is 17.7 Å². The zero-order chi connectivity index (χ0) is 15.1. The SMILES string of the molecule is CN=C(NCCc1ccncc1C)NCC1(C)CCCS1. The topological polar surface area (TPSA) is 49.3 Å². The highest BCUT2D eigenvalue weighted by atomic mass is 32.2. The fourth-order valence-electron chi connectivity index (χ4n) is 2.57. The van der Waals surface area contributed by atoms with Gasteiger partial charge < -0.3 is 10.6 Å². The quantitative estimate of drug-likeness (QED) is 0.648. The van der Waals surface area contributed by atoms with Crippen LogP contribution >= 0.6 is 11.8 Å². The lowest BCUT2D eigenvalue weighted by Crippen LogP contribution is -2.44. The molecule has 0 aliphatic carbocycles. The second kappa shape index (κ2) is 7.69. The third-order valence-electron chi connectivity index (χ3n) is 3.98. The Hall–Kier alpha value is -1.23. The first-order valence-electron chi connectivity index (χ1n) is 7.61. The van der Waals surface area contributed by atoms with E-state index in [1.54, 1.807) is 0 Å². The molecular formula is C16H26N4S. The summed E-state index contributed by atoms with van der Waals surface area (Å²) in [5.41, 5.74) is 2.59. The predicted octanol–water partition coefficient (Wildman–Crippen LogP) is 2.38. The molecule has 1 aliphatic rings. The van der Waals surface area contributed by atoms with Crippen LogP contribution in [0.25, 0.3) is 0 Å². The molecule has 4 nitrogen and oxygen atoms in total. The second-order valence-corrected chi connectivity index (χ2v) is 7.49. The van der Waals surface area contributed by atoms with Crippen LogP contribution in [0.5, 0.6) is 0 Å². The van der Waals surface area contributed by atoms with Crippen molar-refractivity contribution in [3.63, 3.8) is 0 Å². The molecule has 116 valence electrons. The molecule has 1 aromatic heterocycles. The Morgan fingerprint density at radius 3 is 3.00 bits per heavy atom. The molecule has 2 rings (SSSR count). The van der Waals surface area contributed by atoms with E-state index in [-0.39, 0.29) is 0 Å². The number of nitrogens with zero attached hydrogens (tertiary/aromatic N) is 2. The maximum atomic E-state index is 4.31. The molecule has 5 heteroatoms. The van der Waals surface area contributed by atoms with Crippen molar-refractivity contribution in [3.05, 3.63) is 29.6 Å². The average Bonchev–Trinajstić information content (AvgIpc) is 2.91. The molecule has 0 radical (unpaired) electrons. The maximum absolute atomic E-state index is 4.31. The van der Waals surface area contributed by atoms with Crippen LogP contribution in [-0.4, -0.2) is 41.6 Å². The van der Waals surface area contributed by atoms with E-state index in [2.05, 4.69) is 52.3 Å². The minimum Gasteiger partial charge on any atom is -0.356 e. The fourth-order valence-corrected chi connectivity index (χ4v) is 3.81. The van der Waals surface area contributed by atoms with E-state index in [9.17, 15) is 0 Å². The van der Waals surface area contributed by atoms with Crippen LogP contribution in [0.3, 0.4) is 0 Å². The van der Waals surface area contributed by atoms with Gasteiger partial charge in [0.25, 0.3) is 0 Å². The Balaban J connectivity index is 1.74. The van der Waals surface area contributed by atoms with Crippen molar-refractivity contribution in [1.82, 2.24) is 15.6 Å². The summed E-state index contributed by atoms with van der Waals surface area (Å²) < 4.78 is 0.360. The third kappa shape index (κ3) is 4.92. The molecule has 0 spiro atoms. The van der Waals surface area contributed by atoms with Crippen molar-refractivity contribution in [2.75, 3.05) is 25.9 Å². The highest BCUT2D eigenvalue weighted by molar-refractivity contribution is 8.00. The molecule has 1 aliphatic heterocycles. The van der Waals surface area contributed by atoms with Gasteiger partial charge in [-0.3, -0.25) is 9.98 Å². The number of rotatable bonds is 5. The van der Waals surface area contributed by atoms with Gasteiger partial charge in [0.05, 0.1) is 0 Å². The van der Waals surface area contributed by atoms with Gasteiger partial charge in [-0.25, -0.2) is 0 Å². The zero-order valence-electron chi connectivity index (χ0n) is 13.3. The number of nitrogens with one attached hydrogen (secondary N) is 2. The summed E-state index contributed by atoms with van der Waals surface area (Å²) >= 11 is 2.07. The molecule has 1 saturated heterocycles. The van der Waals surface area contributed by atoms with Gasteiger partial charge in [-0.2, -0.15) is 11.8 Å². The Morgan fingerprint density at radius 2 is 2.33 bits per heavy atom. The minimum absolute atomic E-state index is 0.360. The first-order valence-corrected chi connectivity index (χ1v) is 8.59. The lowest BCUT2D eigenvalue weighted by atomic mass is 10.1. The van der Waals surface area contributed by atoms with E-state index in [4.69, 9.17) is 0 Å². The van der Waals surface area contributed by atoms with Crippen LogP contribution < -0.4 is 10.6 Å². The monoisotopic (exact) mass is 306 g/mol. The lowest BCUT2D eigenvalue weighted by Gasteiger charge is -2.24. The van der Waals surface area contributed by atoms with E-state index >= 15 is 0 Å². The highest BCUT2D eigenvalue weighted by Gasteiger charge is 2.29. The van der Waals surface area contributed by atoms with Crippen LogP contribution in [-0.2, 0) is 6.42 Å². The van der Waals surface area contributed by atoms with Crippen LogP contribution in [0.2, 0.25) is 0 Å². The van der Waals surface area contributed by atoms with Crippen LogP contribution in [0.15, 0.2) is 23.5 Å². The number of aromatic nitrogens is 1. The molecule has 1 atom stereocenters. The number of pyridine rings is 1. The van der Waals surface area contributed by atoms with Crippen molar-refractivity contribution in [3.8, 4) is 0 Å². The molecular weight excluding hydrogens is 280 g/mol. The van der Waals surface area contributed by atoms with Crippen molar-refractivity contribution in [2.24, 2.45) is 4.99 Å². The number of aliphatic imine (C=N–C) groups is 1. The molecule has 2 N–H and O–H groups in total. The summed E-state index contributed by atoms with van der Waals surface area (Å²) in [7, 11) is 1.83. The van der Waals surface area contributed by atoms with E-state index in [0.29, 0.717) is 4.75 Å².